The van der Waals surface area contributed by atoms with E-state index in [2.05, 4.69) is 5.10 Å². The molecule has 0 fully saturated rings. The summed E-state index contributed by atoms with van der Waals surface area (Å²) >= 11 is 0. The molecule has 7 heteroatoms. The average Bonchev–Trinajstić information content (AvgIpc) is 2.35. The van der Waals surface area contributed by atoms with Gasteiger partial charge in [0, 0.05) is 6.20 Å². The molecular formula is C5H6N4O2S. The maximum Gasteiger partial charge on any atom is 0.241 e. The van der Waals surface area contributed by atoms with Crippen molar-refractivity contribution in [2.24, 2.45) is 5.14 Å². The minimum atomic E-state index is -3.69. The van der Waals surface area contributed by atoms with Crippen LogP contribution in [0.4, 0.5) is 0 Å². The normalized spacial score (nSPS) is 11.0. The molecule has 64 valence electrons. The summed E-state index contributed by atoms with van der Waals surface area (Å²) in [5.41, 5.74) is 0. The first-order valence-corrected chi connectivity index (χ1v) is 4.51. The average molecular weight is 186 g/mol. The van der Waals surface area contributed by atoms with Gasteiger partial charge in [-0.2, -0.15) is 10.4 Å². The molecule has 1 rings (SSSR count). The Bertz CT molecular complexity index is 413. The number of nitrogens with two attached hydrogens (primary N) is 1. The minimum Gasteiger partial charge on any atom is -0.257 e. The smallest absolute Gasteiger partial charge is 0.241 e. The standard InChI is InChI=1S/C5H6N4O2S/c6-1-2-9-4-5(3-8-9)12(7,10)11/h3-4H,2H2,(H2,7,10,11). The van der Waals surface area contributed by atoms with Crippen molar-refractivity contribution >= 4 is 10.0 Å². The molecule has 0 saturated heterocycles. The Labute approximate surface area is 69.3 Å². The van der Waals surface area contributed by atoms with E-state index in [0.717, 1.165) is 6.20 Å². The summed E-state index contributed by atoms with van der Waals surface area (Å²) in [6, 6.07) is 1.81. The summed E-state index contributed by atoms with van der Waals surface area (Å²) in [7, 11) is -3.69. The van der Waals surface area contributed by atoms with Gasteiger partial charge in [0.25, 0.3) is 0 Å². The number of nitriles is 1. The Morgan fingerprint density at radius 1 is 1.75 bits per heavy atom. The van der Waals surface area contributed by atoms with Crippen molar-refractivity contribution in [2.75, 3.05) is 0 Å². The van der Waals surface area contributed by atoms with Crippen LogP contribution in [0.15, 0.2) is 17.3 Å². The molecule has 0 aliphatic carbocycles. The molecule has 0 spiro atoms. The van der Waals surface area contributed by atoms with Crippen LogP contribution in [0.2, 0.25) is 0 Å². The molecule has 0 atom stereocenters. The van der Waals surface area contributed by atoms with E-state index in [9.17, 15) is 8.42 Å². The molecular weight excluding hydrogens is 180 g/mol. The number of hydrogen-bond acceptors (Lipinski definition) is 4. The molecule has 1 heterocycles. The Morgan fingerprint density at radius 2 is 2.42 bits per heavy atom. The molecule has 2 N–H and O–H groups in total. The number of aromatic nitrogens is 2. The predicted octanol–water partition coefficient (Wildman–Crippen LogP) is -0.946. The van der Waals surface area contributed by atoms with E-state index in [1.807, 2.05) is 6.07 Å². The second-order valence-corrected chi connectivity index (χ2v) is 3.64. The highest BCUT2D eigenvalue weighted by molar-refractivity contribution is 7.89. The van der Waals surface area contributed by atoms with Gasteiger partial charge in [-0.15, -0.1) is 0 Å². The van der Waals surface area contributed by atoms with Crippen LogP contribution in [0.5, 0.6) is 0 Å². The van der Waals surface area contributed by atoms with Gasteiger partial charge in [0.1, 0.15) is 11.4 Å². The van der Waals surface area contributed by atoms with E-state index in [-0.39, 0.29) is 11.4 Å². The molecule has 0 amide bonds. The summed E-state index contributed by atoms with van der Waals surface area (Å²) in [5.74, 6) is 0. The van der Waals surface area contributed by atoms with Gasteiger partial charge in [-0.25, -0.2) is 13.6 Å². The molecule has 1 aromatic rings. The lowest BCUT2D eigenvalue weighted by Crippen LogP contribution is -2.11. The van der Waals surface area contributed by atoms with E-state index in [0.29, 0.717) is 0 Å². The Hall–Kier alpha value is -1.39. The fourth-order valence-electron chi connectivity index (χ4n) is 0.650. The van der Waals surface area contributed by atoms with E-state index < -0.39 is 10.0 Å². The highest BCUT2D eigenvalue weighted by atomic mass is 32.2. The van der Waals surface area contributed by atoms with Gasteiger partial charge < -0.3 is 0 Å². The Morgan fingerprint density at radius 3 is 2.83 bits per heavy atom. The van der Waals surface area contributed by atoms with Gasteiger partial charge in [-0.3, -0.25) is 4.68 Å². The maximum absolute atomic E-state index is 10.7. The third kappa shape index (κ3) is 1.81. The predicted molar refractivity (Wildman–Crippen MR) is 39.2 cm³/mol. The van der Waals surface area contributed by atoms with Gasteiger partial charge in [0.15, 0.2) is 0 Å². The number of hydrogen-bond donors (Lipinski definition) is 1. The van der Waals surface area contributed by atoms with Crippen molar-refractivity contribution in [3.63, 3.8) is 0 Å². The Kier molecular flexibility index (Phi) is 2.12. The van der Waals surface area contributed by atoms with Crippen molar-refractivity contribution in [1.29, 1.82) is 5.26 Å². The lowest BCUT2D eigenvalue weighted by Gasteiger charge is -1.89. The summed E-state index contributed by atoms with van der Waals surface area (Å²) in [5, 5.41) is 16.6. The van der Waals surface area contributed by atoms with Crippen molar-refractivity contribution in [1.82, 2.24) is 9.78 Å². The molecule has 0 radical (unpaired) electrons. The van der Waals surface area contributed by atoms with E-state index in [1.165, 1.54) is 10.9 Å². The first kappa shape index (κ1) is 8.70. The van der Waals surface area contributed by atoms with Crippen LogP contribution in [0.1, 0.15) is 0 Å². The molecule has 0 aromatic carbocycles. The molecule has 0 unspecified atom stereocenters. The first-order chi connectivity index (χ1) is 5.54. The van der Waals surface area contributed by atoms with Crippen LogP contribution >= 0.6 is 0 Å². The molecule has 0 aliphatic rings. The van der Waals surface area contributed by atoms with Gasteiger partial charge in [-0.05, 0) is 0 Å². The van der Waals surface area contributed by atoms with Crippen molar-refractivity contribution in [3.05, 3.63) is 12.4 Å². The Balaban J connectivity index is 3.02. The first-order valence-electron chi connectivity index (χ1n) is 2.96. The molecule has 0 aliphatic heterocycles. The molecule has 12 heavy (non-hydrogen) atoms. The zero-order valence-electron chi connectivity index (χ0n) is 6.01. The van der Waals surface area contributed by atoms with Gasteiger partial charge in [-0.1, -0.05) is 0 Å². The van der Waals surface area contributed by atoms with E-state index in [1.54, 1.807) is 0 Å². The third-order valence-electron chi connectivity index (χ3n) is 1.17. The number of nitrogens with zero attached hydrogens (tertiary/aromatic N) is 3. The molecule has 0 bridgehead atoms. The largest absolute Gasteiger partial charge is 0.257 e. The highest BCUT2D eigenvalue weighted by Gasteiger charge is 2.09. The zero-order valence-corrected chi connectivity index (χ0v) is 6.82. The summed E-state index contributed by atoms with van der Waals surface area (Å²) in [6.07, 6.45) is 2.31. The molecule has 0 saturated carbocycles. The van der Waals surface area contributed by atoms with Gasteiger partial charge in [0.2, 0.25) is 10.0 Å². The fraction of sp³-hybridized carbons (Fsp3) is 0.200. The lowest BCUT2D eigenvalue weighted by molar-refractivity contribution is 0.597. The van der Waals surface area contributed by atoms with Crippen LogP contribution in [-0.2, 0) is 16.6 Å². The van der Waals surface area contributed by atoms with Crippen LogP contribution in [0, 0.1) is 11.3 Å². The lowest BCUT2D eigenvalue weighted by atomic mass is 10.7. The fourth-order valence-corrected chi connectivity index (χ4v) is 1.11. The van der Waals surface area contributed by atoms with Crippen LogP contribution < -0.4 is 5.14 Å². The number of primary sulfonamides is 1. The van der Waals surface area contributed by atoms with E-state index >= 15 is 0 Å². The van der Waals surface area contributed by atoms with Gasteiger partial charge in [0.05, 0.1) is 12.3 Å². The van der Waals surface area contributed by atoms with Crippen LogP contribution in [-0.4, -0.2) is 18.2 Å². The zero-order chi connectivity index (χ0) is 9.19. The van der Waals surface area contributed by atoms with E-state index in [4.69, 9.17) is 10.4 Å². The van der Waals surface area contributed by atoms with Crippen molar-refractivity contribution in [3.8, 4) is 6.07 Å². The summed E-state index contributed by atoms with van der Waals surface area (Å²) < 4.78 is 22.6. The van der Waals surface area contributed by atoms with Gasteiger partial charge >= 0.3 is 0 Å². The maximum atomic E-state index is 10.7. The number of rotatable bonds is 2. The van der Waals surface area contributed by atoms with Crippen molar-refractivity contribution in [2.45, 2.75) is 11.4 Å². The second kappa shape index (κ2) is 2.92. The van der Waals surface area contributed by atoms with Crippen LogP contribution in [0.3, 0.4) is 0 Å². The highest BCUT2D eigenvalue weighted by Crippen LogP contribution is 2.02. The minimum absolute atomic E-state index is 0.00944. The van der Waals surface area contributed by atoms with Crippen LogP contribution in [0.25, 0.3) is 0 Å². The third-order valence-corrected chi connectivity index (χ3v) is 2.04. The molecule has 6 nitrogen and oxygen atoms in total. The second-order valence-electron chi connectivity index (χ2n) is 2.08. The number of sulfonamides is 1. The molecule has 1 aromatic heterocycles. The van der Waals surface area contributed by atoms with Crippen molar-refractivity contribution < 1.29 is 8.42 Å². The monoisotopic (exact) mass is 186 g/mol. The summed E-state index contributed by atoms with van der Waals surface area (Å²) in [4.78, 5) is -0.0854. The quantitative estimate of drug-likeness (QED) is 0.643. The topological polar surface area (TPSA) is 102 Å². The SMILES string of the molecule is N#CCn1cc(S(N)(=O)=O)cn1. The summed E-state index contributed by atoms with van der Waals surface area (Å²) in [6.45, 7) is 0.00944.